The fraction of sp³-hybridized carbons (Fsp3) is 0.667. The van der Waals surface area contributed by atoms with Crippen LogP contribution in [0.5, 0.6) is 5.75 Å². The lowest BCUT2D eigenvalue weighted by molar-refractivity contribution is 0.337. The summed E-state index contributed by atoms with van der Waals surface area (Å²) in [4.78, 5) is 0. The Labute approximate surface area is 133 Å². The number of benzene rings is 1. The Balaban J connectivity index is 2.03. The van der Waals surface area contributed by atoms with Gasteiger partial charge >= 0.3 is 0 Å². The van der Waals surface area contributed by atoms with Crippen molar-refractivity contribution in [3.8, 4) is 5.75 Å². The Bertz CT molecular complexity index is 447. The van der Waals surface area contributed by atoms with E-state index in [2.05, 4.69) is 36.9 Å². The fourth-order valence-corrected chi connectivity index (χ4v) is 4.47. The van der Waals surface area contributed by atoms with E-state index < -0.39 is 0 Å². The summed E-state index contributed by atoms with van der Waals surface area (Å²) in [5.74, 6) is 2.95. The van der Waals surface area contributed by atoms with Crippen LogP contribution in [0.25, 0.3) is 0 Å². The minimum atomic E-state index is 0.0825. The van der Waals surface area contributed by atoms with Gasteiger partial charge in [-0.3, -0.25) is 0 Å². The average Bonchev–Trinajstić information content (AvgIpc) is 2.46. The van der Waals surface area contributed by atoms with Crippen molar-refractivity contribution in [1.29, 1.82) is 0 Å². The van der Waals surface area contributed by atoms with E-state index >= 15 is 0 Å². The van der Waals surface area contributed by atoms with Gasteiger partial charge in [-0.15, -0.1) is 0 Å². The highest BCUT2D eigenvalue weighted by molar-refractivity contribution is 7.99. The van der Waals surface area contributed by atoms with Crippen molar-refractivity contribution in [2.75, 3.05) is 6.61 Å². The summed E-state index contributed by atoms with van der Waals surface area (Å²) in [5, 5.41) is 0.808. The third-order valence-electron chi connectivity index (χ3n) is 4.27. The molecule has 118 valence electrons. The minimum absolute atomic E-state index is 0.0825. The molecule has 2 nitrogen and oxygen atoms in total. The lowest BCUT2D eigenvalue weighted by atomic mass is 9.91. The molecule has 0 aliphatic heterocycles. The molecule has 0 saturated heterocycles. The summed E-state index contributed by atoms with van der Waals surface area (Å²) in [5.41, 5.74) is 8.52. The van der Waals surface area contributed by atoms with Crippen LogP contribution in [0.4, 0.5) is 0 Å². The third-order valence-corrected chi connectivity index (χ3v) is 5.65. The van der Waals surface area contributed by atoms with Crippen molar-refractivity contribution in [1.82, 2.24) is 0 Å². The maximum absolute atomic E-state index is 6.02. The maximum Gasteiger partial charge on any atom is 0.123 e. The van der Waals surface area contributed by atoms with Crippen LogP contribution in [0.2, 0.25) is 0 Å². The van der Waals surface area contributed by atoms with Gasteiger partial charge in [0.15, 0.2) is 0 Å². The van der Waals surface area contributed by atoms with Gasteiger partial charge in [-0.25, -0.2) is 0 Å². The number of hydrogen-bond acceptors (Lipinski definition) is 3. The SMILES string of the molecule is CCOc1ccc(C(C)N)cc1CSC1CCCC(C)C1. The highest BCUT2D eigenvalue weighted by Gasteiger charge is 2.19. The molecule has 21 heavy (non-hydrogen) atoms. The monoisotopic (exact) mass is 307 g/mol. The first-order chi connectivity index (χ1) is 10.1. The fourth-order valence-electron chi connectivity index (χ4n) is 3.03. The molecule has 0 radical (unpaired) electrons. The van der Waals surface area contributed by atoms with Gasteiger partial charge in [-0.2, -0.15) is 11.8 Å². The van der Waals surface area contributed by atoms with Gasteiger partial charge < -0.3 is 10.5 Å². The molecule has 0 bridgehead atoms. The van der Waals surface area contributed by atoms with E-state index in [-0.39, 0.29) is 6.04 Å². The first-order valence-electron chi connectivity index (χ1n) is 8.23. The van der Waals surface area contributed by atoms with Gasteiger partial charge in [-0.1, -0.05) is 25.8 Å². The van der Waals surface area contributed by atoms with E-state index in [4.69, 9.17) is 10.5 Å². The molecule has 1 aromatic rings. The van der Waals surface area contributed by atoms with Crippen molar-refractivity contribution in [3.63, 3.8) is 0 Å². The summed E-state index contributed by atoms with van der Waals surface area (Å²) in [6.45, 7) is 7.18. The third kappa shape index (κ3) is 4.93. The highest BCUT2D eigenvalue weighted by atomic mass is 32.2. The summed E-state index contributed by atoms with van der Waals surface area (Å²) in [6, 6.07) is 6.49. The Morgan fingerprint density at radius 3 is 2.86 bits per heavy atom. The van der Waals surface area contributed by atoms with Crippen LogP contribution in [0.3, 0.4) is 0 Å². The van der Waals surface area contributed by atoms with Gasteiger partial charge in [0.25, 0.3) is 0 Å². The average molecular weight is 308 g/mol. The van der Waals surface area contributed by atoms with Gasteiger partial charge in [0.05, 0.1) is 6.61 Å². The zero-order chi connectivity index (χ0) is 15.2. The van der Waals surface area contributed by atoms with Crippen LogP contribution in [0, 0.1) is 5.92 Å². The van der Waals surface area contributed by atoms with Crippen LogP contribution in [0.1, 0.15) is 63.6 Å². The summed E-state index contributed by atoms with van der Waals surface area (Å²) >= 11 is 2.09. The minimum Gasteiger partial charge on any atom is -0.494 e. The van der Waals surface area contributed by atoms with Crippen molar-refractivity contribution >= 4 is 11.8 Å². The molecule has 0 heterocycles. The number of thioether (sulfide) groups is 1. The van der Waals surface area contributed by atoms with Crippen LogP contribution in [-0.4, -0.2) is 11.9 Å². The number of hydrogen-bond donors (Lipinski definition) is 1. The molecular formula is C18H29NOS. The molecular weight excluding hydrogens is 278 g/mol. The highest BCUT2D eigenvalue weighted by Crippen LogP contribution is 2.35. The molecule has 2 rings (SSSR count). The van der Waals surface area contributed by atoms with Crippen molar-refractivity contribution in [2.24, 2.45) is 11.7 Å². The summed E-state index contributed by atoms with van der Waals surface area (Å²) in [6.07, 6.45) is 5.52. The van der Waals surface area contributed by atoms with Crippen LogP contribution in [0.15, 0.2) is 18.2 Å². The first-order valence-corrected chi connectivity index (χ1v) is 9.27. The van der Waals surface area contributed by atoms with Crippen LogP contribution >= 0.6 is 11.8 Å². The Morgan fingerprint density at radius 1 is 1.38 bits per heavy atom. The molecule has 3 heteroatoms. The van der Waals surface area contributed by atoms with E-state index in [1.807, 2.05) is 13.8 Å². The second kappa shape index (κ2) is 8.09. The standard InChI is InChI=1S/C18H29NOS/c1-4-20-18-9-8-15(14(3)19)11-16(18)12-21-17-7-5-6-13(2)10-17/h8-9,11,13-14,17H,4-7,10,12,19H2,1-3H3. The molecule has 3 atom stereocenters. The number of nitrogens with two attached hydrogens (primary N) is 1. The first kappa shape index (κ1) is 16.7. The van der Waals surface area contributed by atoms with Gasteiger partial charge in [0.1, 0.15) is 5.75 Å². The Morgan fingerprint density at radius 2 is 2.19 bits per heavy atom. The molecule has 0 spiro atoms. The van der Waals surface area contributed by atoms with Crippen LogP contribution < -0.4 is 10.5 Å². The van der Waals surface area contributed by atoms with Crippen molar-refractivity contribution < 1.29 is 4.74 Å². The topological polar surface area (TPSA) is 35.2 Å². The van der Waals surface area contributed by atoms with Crippen LogP contribution in [-0.2, 0) is 5.75 Å². The second-order valence-corrected chi connectivity index (χ2v) is 7.58. The van der Waals surface area contributed by atoms with Gasteiger partial charge in [0, 0.05) is 22.6 Å². The second-order valence-electron chi connectivity index (χ2n) is 6.29. The summed E-state index contributed by atoms with van der Waals surface area (Å²) < 4.78 is 5.78. The van der Waals surface area contributed by atoms with E-state index in [1.54, 1.807) is 0 Å². The maximum atomic E-state index is 6.02. The van der Waals surface area contributed by atoms with E-state index in [9.17, 15) is 0 Å². The van der Waals surface area contributed by atoms with E-state index in [0.29, 0.717) is 0 Å². The lowest BCUT2D eigenvalue weighted by Crippen LogP contribution is -2.15. The summed E-state index contributed by atoms with van der Waals surface area (Å²) in [7, 11) is 0. The molecule has 0 amide bonds. The molecule has 1 saturated carbocycles. The van der Waals surface area contributed by atoms with Crippen molar-refractivity contribution in [2.45, 2.75) is 63.5 Å². The Kier molecular flexibility index (Phi) is 6.43. The largest absolute Gasteiger partial charge is 0.494 e. The van der Waals surface area contributed by atoms with Crippen molar-refractivity contribution in [3.05, 3.63) is 29.3 Å². The zero-order valence-corrected chi connectivity index (χ0v) is 14.4. The van der Waals surface area contributed by atoms with Gasteiger partial charge in [-0.05, 0) is 50.3 Å². The lowest BCUT2D eigenvalue weighted by Gasteiger charge is -2.26. The van der Waals surface area contributed by atoms with E-state index in [0.717, 1.165) is 29.3 Å². The zero-order valence-electron chi connectivity index (χ0n) is 13.6. The molecule has 1 fully saturated rings. The normalized spacial score (nSPS) is 23.8. The molecule has 3 unspecified atom stereocenters. The van der Waals surface area contributed by atoms with E-state index in [1.165, 1.54) is 36.8 Å². The molecule has 2 N–H and O–H groups in total. The smallest absolute Gasteiger partial charge is 0.123 e. The molecule has 1 aliphatic rings. The molecule has 1 aliphatic carbocycles. The van der Waals surface area contributed by atoms with Gasteiger partial charge in [0.2, 0.25) is 0 Å². The Hall–Kier alpha value is -0.670. The predicted molar refractivity (Wildman–Crippen MR) is 92.9 cm³/mol. The number of rotatable bonds is 6. The predicted octanol–water partition coefficient (Wildman–Crippen LogP) is 4.92. The quantitative estimate of drug-likeness (QED) is 0.810. The number of ether oxygens (including phenoxy) is 1. The molecule has 0 aromatic heterocycles. The molecule has 1 aromatic carbocycles.